The number of aliphatic hydroxyl groups excluding tert-OH is 1. The van der Waals surface area contributed by atoms with Gasteiger partial charge in [0.1, 0.15) is 0 Å². The van der Waals surface area contributed by atoms with Crippen LogP contribution in [0.25, 0.3) is 0 Å². The van der Waals surface area contributed by atoms with Gasteiger partial charge in [0.05, 0.1) is 19.3 Å². The SMILES string of the molecule is CC(CCC(=O)N1CCN(C(=O)OC2COC2)CC1)[C@H]1CC[C@H]2[C@@H]3CC=C4C[C@@H](O)CC[C@]4(C)[C@H]3CC[C@]12C. The Bertz CT molecular complexity index is 972. The number of carbonyl (C=O) groups is 2. The van der Waals surface area contributed by atoms with Crippen molar-refractivity contribution in [1.82, 2.24) is 9.80 Å². The predicted molar refractivity (Wildman–Crippen MR) is 149 cm³/mol. The fourth-order valence-electron chi connectivity index (χ4n) is 9.97. The Labute approximate surface area is 234 Å². The topological polar surface area (TPSA) is 79.3 Å². The molecule has 4 aliphatic carbocycles. The quantitative estimate of drug-likeness (QED) is 0.494. The summed E-state index contributed by atoms with van der Waals surface area (Å²) in [5.74, 6) is 3.84. The van der Waals surface area contributed by atoms with Gasteiger partial charge in [-0.2, -0.15) is 0 Å². The average molecular weight is 543 g/mol. The van der Waals surface area contributed by atoms with Crippen LogP contribution < -0.4 is 0 Å². The van der Waals surface area contributed by atoms with Crippen molar-refractivity contribution in [3.05, 3.63) is 11.6 Å². The minimum atomic E-state index is -0.275. The van der Waals surface area contributed by atoms with Crippen molar-refractivity contribution in [3.63, 3.8) is 0 Å². The zero-order valence-corrected chi connectivity index (χ0v) is 24.4. The molecule has 2 aliphatic heterocycles. The van der Waals surface area contributed by atoms with Crippen molar-refractivity contribution < 1.29 is 24.2 Å². The molecule has 1 unspecified atom stereocenters. The molecule has 39 heavy (non-hydrogen) atoms. The smallest absolute Gasteiger partial charge is 0.410 e. The third-order valence-electron chi connectivity index (χ3n) is 12.4. The van der Waals surface area contributed by atoms with Crippen LogP contribution in [-0.4, -0.2) is 78.5 Å². The summed E-state index contributed by atoms with van der Waals surface area (Å²) in [6.07, 6.45) is 13.1. The molecule has 6 aliphatic rings. The van der Waals surface area contributed by atoms with Gasteiger partial charge in [0.15, 0.2) is 6.10 Å². The number of aliphatic hydroxyl groups is 1. The molecule has 5 fully saturated rings. The van der Waals surface area contributed by atoms with Gasteiger partial charge in [-0.3, -0.25) is 4.79 Å². The molecular formula is C32H50N2O5. The lowest BCUT2D eigenvalue weighted by Gasteiger charge is -2.58. The van der Waals surface area contributed by atoms with Crippen molar-refractivity contribution in [2.45, 2.75) is 97.2 Å². The van der Waals surface area contributed by atoms with Crippen LogP contribution in [0.15, 0.2) is 11.6 Å². The van der Waals surface area contributed by atoms with Gasteiger partial charge >= 0.3 is 6.09 Å². The summed E-state index contributed by atoms with van der Waals surface area (Å²) < 4.78 is 10.5. The average Bonchev–Trinajstić information content (AvgIpc) is 3.27. The Morgan fingerprint density at radius 3 is 2.51 bits per heavy atom. The second-order valence-corrected chi connectivity index (χ2v) is 14.3. The Morgan fingerprint density at radius 2 is 1.79 bits per heavy atom. The molecule has 7 nitrogen and oxygen atoms in total. The van der Waals surface area contributed by atoms with Crippen LogP contribution in [0, 0.1) is 40.4 Å². The number of nitrogens with zero attached hydrogens (tertiary/aromatic N) is 2. The van der Waals surface area contributed by atoms with E-state index in [1.807, 2.05) is 4.90 Å². The Balaban J connectivity index is 1.01. The molecule has 6 rings (SSSR count). The molecule has 2 saturated heterocycles. The van der Waals surface area contributed by atoms with E-state index in [1.165, 1.54) is 32.1 Å². The molecule has 1 N–H and O–H groups in total. The van der Waals surface area contributed by atoms with E-state index >= 15 is 0 Å². The van der Waals surface area contributed by atoms with Crippen molar-refractivity contribution in [2.75, 3.05) is 39.4 Å². The lowest BCUT2D eigenvalue weighted by molar-refractivity contribution is -0.134. The molecule has 8 atom stereocenters. The monoisotopic (exact) mass is 542 g/mol. The molecule has 7 heteroatoms. The number of fused-ring (bicyclic) bond motifs is 5. The lowest BCUT2D eigenvalue weighted by Crippen LogP contribution is -2.52. The van der Waals surface area contributed by atoms with Crippen LogP contribution in [0.1, 0.15) is 85.0 Å². The Kier molecular flexibility index (Phi) is 7.54. The number of amides is 2. The molecule has 0 aromatic rings. The molecule has 2 heterocycles. The molecule has 2 amide bonds. The zero-order chi connectivity index (χ0) is 27.4. The van der Waals surface area contributed by atoms with Crippen molar-refractivity contribution in [3.8, 4) is 0 Å². The highest BCUT2D eigenvalue weighted by Crippen LogP contribution is 2.67. The number of piperazine rings is 1. The van der Waals surface area contributed by atoms with Crippen LogP contribution in [0.5, 0.6) is 0 Å². The molecule has 0 spiro atoms. The maximum atomic E-state index is 13.1. The second kappa shape index (κ2) is 10.7. The third-order valence-corrected chi connectivity index (χ3v) is 12.4. The van der Waals surface area contributed by atoms with E-state index in [2.05, 4.69) is 26.8 Å². The highest BCUT2D eigenvalue weighted by atomic mass is 16.6. The summed E-state index contributed by atoms with van der Waals surface area (Å²) in [6.45, 7) is 10.8. The first kappa shape index (κ1) is 27.6. The first-order valence-corrected chi connectivity index (χ1v) is 15.9. The van der Waals surface area contributed by atoms with Gasteiger partial charge in [0.25, 0.3) is 0 Å². The number of carbonyl (C=O) groups excluding carboxylic acids is 2. The molecule has 0 radical (unpaired) electrons. The van der Waals surface area contributed by atoms with E-state index < -0.39 is 0 Å². The summed E-state index contributed by atoms with van der Waals surface area (Å²) in [6, 6.07) is 0. The van der Waals surface area contributed by atoms with Gasteiger partial charge in [0.2, 0.25) is 5.91 Å². The third kappa shape index (κ3) is 4.94. The molecule has 3 saturated carbocycles. The molecule has 0 bridgehead atoms. The van der Waals surface area contributed by atoms with Crippen LogP contribution in [0.3, 0.4) is 0 Å². The number of hydrogen-bond donors (Lipinski definition) is 1. The number of ether oxygens (including phenoxy) is 2. The minimum absolute atomic E-state index is 0.109. The van der Waals surface area contributed by atoms with Crippen LogP contribution in [-0.2, 0) is 14.3 Å². The Morgan fingerprint density at radius 1 is 1.05 bits per heavy atom. The fraction of sp³-hybridized carbons (Fsp3) is 0.875. The summed E-state index contributed by atoms with van der Waals surface area (Å²) in [7, 11) is 0. The van der Waals surface area contributed by atoms with Gasteiger partial charge in [-0.05, 0) is 98.2 Å². The van der Waals surface area contributed by atoms with Crippen molar-refractivity contribution in [2.24, 2.45) is 40.4 Å². The Hall–Kier alpha value is -1.60. The molecule has 0 aromatic heterocycles. The van der Waals surface area contributed by atoms with Gasteiger partial charge in [-0.1, -0.05) is 32.4 Å². The fourth-order valence-corrected chi connectivity index (χ4v) is 9.97. The van der Waals surface area contributed by atoms with E-state index in [0.29, 0.717) is 68.5 Å². The maximum Gasteiger partial charge on any atom is 0.410 e. The van der Waals surface area contributed by atoms with E-state index in [9.17, 15) is 14.7 Å². The van der Waals surface area contributed by atoms with E-state index in [-0.39, 0.29) is 24.2 Å². The molecule has 0 aromatic carbocycles. The minimum Gasteiger partial charge on any atom is -0.441 e. The highest BCUT2D eigenvalue weighted by molar-refractivity contribution is 5.76. The van der Waals surface area contributed by atoms with E-state index in [4.69, 9.17) is 9.47 Å². The number of rotatable bonds is 5. The van der Waals surface area contributed by atoms with Crippen molar-refractivity contribution >= 4 is 12.0 Å². The van der Waals surface area contributed by atoms with Crippen LogP contribution in [0.4, 0.5) is 4.79 Å². The summed E-state index contributed by atoms with van der Waals surface area (Å²) in [4.78, 5) is 29.1. The van der Waals surface area contributed by atoms with Gasteiger partial charge in [-0.25, -0.2) is 4.79 Å². The van der Waals surface area contributed by atoms with Gasteiger partial charge < -0.3 is 24.4 Å². The van der Waals surface area contributed by atoms with Gasteiger partial charge in [-0.15, -0.1) is 0 Å². The second-order valence-electron chi connectivity index (χ2n) is 14.3. The molecular weight excluding hydrogens is 492 g/mol. The van der Waals surface area contributed by atoms with E-state index in [1.54, 1.807) is 10.5 Å². The zero-order valence-electron chi connectivity index (χ0n) is 24.4. The summed E-state index contributed by atoms with van der Waals surface area (Å²) in [5, 5.41) is 10.3. The first-order valence-electron chi connectivity index (χ1n) is 15.9. The largest absolute Gasteiger partial charge is 0.441 e. The summed E-state index contributed by atoms with van der Waals surface area (Å²) >= 11 is 0. The summed E-state index contributed by atoms with van der Waals surface area (Å²) in [5.41, 5.74) is 2.24. The number of allylic oxidation sites excluding steroid dienone is 1. The van der Waals surface area contributed by atoms with Crippen LogP contribution in [0.2, 0.25) is 0 Å². The van der Waals surface area contributed by atoms with Gasteiger partial charge in [0, 0.05) is 32.6 Å². The van der Waals surface area contributed by atoms with Crippen molar-refractivity contribution in [1.29, 1.82) is 0 Å². The van der Waals surface area contributed by atoms with E-state index in [0.717, 1.165) is 43.4 Å². The normalized spacial score (nSPS) is 41.0. The lowest BCUT2D eigenvalue weighted by atomic mass is 9.47. The maximum absolute atomic E-state index is 13.1. The van der Waals surface area contributed by atoms with Crippen LogP contribution >= 0.6 is 0 Å². The number of hydrogen-bond acceptors (Lipinski definition) is 5. The highest BCUT2D eigenvalue weighted by Gasteiger charge is 2.59. The molecule has 218 valence electrons. The standard InChI is InChI=1S/C32H50N2O5/c1-21(4-9-29(36)33-14-16-34(17-15-33)30(37)39-24-19-38-20-24)26-7-8-27-25-6-5-22-18-23(35)10-12-31(22,2)28(25)11-13-32(26,27)3/h5,21,23-28,35H,4,6-20H2,1-3H3/t21?,23-,25-,26+,27-,28-,31-,32+/m0/s1. The predicted octanol–water partition coefficient (Wildman–Crippen LogP) is 5.02. The first-order chi connectivity index (χ1) is 18.7.